The minimum Gasteiger partial charge on any atom is -0.493 e. The molecule has 0 aliphatic rings. The molecule has 0 N–H and O–H groups in total. The van der Waals surface area contributed by atoms with Gasteiger partial charge in [0.05, 0.1) is 7.11 Å². The van der Waals surface area contributed by atoms with Gasteiger partial charge in [-0.3, -0.25) is 0 Å². The molecular weight excluding hydrogens is 300 g/mol. The third-order valence-electron chi connectivity index (χ3n) is 3.20. The summed E-state index contributed by atoms with van der Waals surface area (Å²) < 4.78 is 11.1. The van der Waals surface area contributed by atoms with Crippen molar-refractivity contribution in [1.29, 1.82) is 10.5 Å². The molecule has 0 amide bonds. The Bertz CT molecular complexity index is 809. The number of methoxy groups -OCH3 is 1. The Balaban J connectivity index is 2.19. The predicted molar refractivity (Wildman–Crippen MR) is 93.2 cm³/mol. The third-order valence-corrected chi connectivity index (χ3v) is 3.20. The molecule has 0 radical (unpaired) electrons. The van der Waals surface area contributed by atoms with Crippen LogP contribution in [0.4, 0.5) is 0 Å². The van der Waals surface area contributed by atoms with Crippen LogP contribution in [0.2, 0.25) is 0 Å². The number of nitriles is 2. The molecule has 0 aliphatic carbocycles. The van der Waals surface area contributed by atoms with Crippen LogP contribution in [0.5, 0.6) is 11.5 Å². The summed E-state index contributed by atoms with van der Waals surface area (Å²) in [5.74, 6) is 1.05. The predicted octanol–water partition coefficient (Wildman–Crippen LogP) is 4.22. The summed E-state index contributed by atoms with van der Waals surface area (Å²) in [4.78, 5) is 0. The van der Waals surface area contributed by atoms with Gasteiger partial charge >= 0.3 is 0 Å². The molecule has 0 spiro atoms. The molecule has 0 saturated heterocycles. The Kier molecular flexibility index (Phi) is 6.20. The van der Waals surface area contributed by atoms with E-state index in [1.54, 1.807) is 25.3 Å². The van der Waals surface area contributed by atoms with Crippen LogP contribution in [0.15, 0.2) is 60.2 Å². The lowest BCUT2D eigenvalue weighted by Crippen LogP contribution is -1.99. The second-order valence-electron chi connectivity index (χ2n) is 4.78. The van der Waals surface area contributed by atoms with E-state index in [0.29, 0.717) is 23.7 Å². The van der Waals surface area contributed by atoms with Crippen LogP contribution < -0.4 is 9.47 Å². The van der Waals surface area contributed by atoms with E-state index in [4.69, 9.17) is 20.0 Å². The van der Waals surface area contributed by atoms with Crippen molar-refractivity contribution in [1.82, 2.24) is 0 Å². The fourth-order valence-electron chi connectivity index (χ4n) is 2.09. The molecule has 0 saturated carbocycles. The highest BCUT2D eigenvalue weighted by atomic mass is 16.5. The standard InChI is InChI=1S/C20H16N2O2/c1-23-19-11-5-10-18(13-17(14-21)15-22)20(19)24-12-6-9-16-7-3-2-4-8-16/h2-11,13H,12H2,1H3. The molecule has 0 fully saturated rings. The smallest absolute Gasteiger partial charge is 0.168 e. The highest BCUT2D eigenvalue weighted by Crippen LogP contribution is 2.32. The maximum Gasteiger partial charge on any atom is 0.168 e. The van der Waals surface area contributed by atoms with Crippen molar-refractivity contribution in [3.05, 3.63) is 71.3 Å². The molecule has 0 heterocycles. The van der Waals surface area contributed by atoms with Gasteiger partial charge in [-0.2, -0.15) is 10.5 Å². The quantitative estimate of drug-likeness (QED) is 0.748. The largest absolute Gasteiger partial charge is 0.493 e. The molecule has 118 valence electrons. The van der Waals surface area contributed by atoms with Crippen molar-refractivity contribution in [3.8, 4) is 23.6 Å². The van der Waals surface area contributed by atoms with Gasteiger partial charge in [0.1, 0.15) is 24.3 Å². The van der Waals surface area contributed by atoms with E-state index in [1.807, 2.05) is 54.6 Å². The monoisotopic (exact) mass is 316 g/mol. The summed E-state index contributed by atoms with van der Waals surface area (Å²) in [6.07, 6.45) is 5.34. The number of allylic oxidation sites excluding steroid dienone is 1. The van der Waals surface area contributed by atoms with Crippen molar-refractivity contribution in [2.45, 2.75) is 0 Å². The first-order valence-corrected chi connectivity index (χ1v) is 7.31. The normalized spacial score (nSPS) is 9.79. The number of para-hydroxylation sites is 1. The summed E-state index contributed by atoms with van der Waals surface area (Å²) in [5.41, 5.74) is 1.71. The third kappa shape index (κ3) is 4.50. The topological polar surface area (TPSA) is 66.0 Å². The Morgan fingerprint density at radius 1 is 1.04 bits per heavy atom. The number of ether oxygens (including phenoxy) is 2. The molecule has 4 heteroatoms. The average Bonchev–Trinajstić information content (AvgIpc) is 2.64. The Hall–Kier alpha value is -3.50. The number of rotatable bonds is 6. The molecular formula is C20H16N2O2. The molecule has 0 aliphatic heterocycles. The van der Waals surface area contributed by atoms with Crippen molar-refractivity contribution >= 4 is 12.2 Å². The zero-order valence-electron chi connectivity index (χ0n) is 13.3. The maximum atomic E-state index is 8.92. The maximum absolute atomic E-state index is 8.92. The Labute approximate surface area is 141 Å². The minimum atomic E-state index is 0.00734. The number of hydrogen-bond acceptors (Lipinski definition) is 4. The molecule has 0 atom stereocenters. The first-order chi connectivity index (χ1) is 11.8. The molecule has 24 heavy (non-hydrogen) atoms. The van der Waals surface area contributed by atoms with Crippen molar-refractivity contribution in [2.24, 2.45) is 0 Å². The van der Waals surface area contributed by atoms with Gasteiger partial charge in [-0.25, -0.2) is 0 Å². The summed E-state index contributed by atoms with van der Waals surface area (Å²) in [6.45, 7) is 0.338. The van der Waals surface area contributed by atoms with E-state index in [0.717, 1.165) is 5.56 Å². The molecule has 2 aromatic rings. The van der Waals surface area contributed by atoms with Gasteiger partial charge in [-0.15, -0.1) is 0 Å². The zero-order valence-corrected chi connectivity index (χ0v) is 13.3. The molecule has 0 bridgehead atoms. The van der Waals surface area contributed by atoms with E-state index in [2.05, 4.69) is 0 Å². The SMILES string of the molecule is COc1cccc(C=C(C#N)C#N)c1OCC=Cc1ccccc1. The molecule has 2 rings (SSSR count). The average molecular weight is 316 g/mol. The van der Waals surface area contributed by atoms with Crippen LogP contribution in [0, 0.1) is 22.7 Å². The minimum absolute atomic E-state index is 0.00734. The van der Waals surface area contributed by atoms with Crippen LogP contribution >= 0.6 is 0 Å². The highest BCUT2D eigenvalue weighted by molar-refractivity contribution is 5.69. The van der Waals surface area contributed by atoms with Crippen LogP contribution in [-0.2, 0) is 0 Å². The van der Waals surface area contributed by atoms with Gasteiger partial charge in [0.15, 0.2) is 11.5 Å². The van der Waals surface area contributed by atoms with E-state index in [9.17, 15) is 0 Å². The van der Waals surface area contributed by atoms with E-state index >= 15 is 0 Å². The van der Waals surface area contributed by atoms with Crippen molar-refractivity contribution < 1.29 is 9.47 Å². The molecule has 2 aromatic carbocycles. The van der Waals surface area contributed by atoms with E-state index in [1.165, 1.54) is 6.08 Å². The fourth-order valence-corrected chi connectivity index (χ4v) is 2.09. The van der Waals surface area contributed by atoms with Gasteiger partial charge in [0.2, 0.25) is 0 Å². The van der Waals surface area contributed by atoms with Gasteiger partial charge in [0, 0.05) is 5.56 Å². The van der Waals surface area contributed by atoms with Gasteiger partial charge in [0.25, 0.3) is 0 Å². The lowest BCUT2D eigenvalue weighted by molar-refractivity contribution is 0.326. The van der Waals surface area contributed by atoms with E-state index < -0.39 is 0 Å². The summed E-state index contributed by atoms with van der Waals surface area (Å²) in [7, 11) is 1.55. The fraction of sp³-hybridized carbons (Fsp3) is 0.100. The summed E-state index contributed by atoms with van der Waals surface area (Å²) in [6, 6.07) is 18.9. The second-order valence-corrected chi connectivity index (χ2v) is 4.78. The second kappa shape index (κ2) is 8.82. The lowest BCUT2D eigenvalue weighted by atomic mass is 10.1. The van der Waals surface area contributed by atoms with Gasteiger partial charge in [-0.1, -0.05) is 48.5 Å². The van der Waals surface area contributed by atoms with Crippen LogP contribution in [0.3, 0.4) is 0 Å². The Morgan fingerprint density at radius 3 is 2.46 bits per heavy atom. The summed E-state index contributed by atoms with van der Waals surface area (Å²) >= 11 is 0. The highest BCUT2D eigenvalue weighted by Gasteiger charge is 2.09. The lowest BCUT2D eigenvalue weighted by Gasteiger charge is -2.12. The number of benzene rings is 2. The van der Waals surface area contributed by atoms with Crippen LogP contribution in [-0.4, -0.2) is 13.7 Å². The van der Waals surface area contributed by atoms with Gasteiger partial charge in [-0.05, 0) is 23.8 Å². The van der Waals surface area contributed by atoms with Crippen molar-refractivity contribution in [3.63, 3.8) is 0 Å². The number of hydrogen-bond donors (Lipinski definition) is 0. The first kappa shape index (κ1) is 16.9. The number of nitrogens with zero attached hydrogens (tertiary/aromatic N) is 2. The summed E-state index contributed by atoms with van der Waals surface area (Å²) in [5, 5.41) is 17.8. The van der Waals surface area contributed by atoms with Gasteiger partial charge < -0.3 is 9.47 Å². The Morgan fingerprint density at radius 2 is 1.79 bits per heavy atom. The van der Waals surface area contributed by atoms with Crippen LogP contribution in [0.1, 0.15) is 11.1 Å². The zero-order chi connectivity index (χ0) is 17.2. The van der Waals surface area contributed by atoms with E-state index in [-0.39, 0.29) is 5.57 Å². The molecule has 4 nitrogen and oxygen atoms in total. The van der Waals surface area contributed by atoms with Crippen LogP contribution in [0.25, 0.3) is 12.2 Å². The molecule has 0 aromatic heterocycles. The first-order valence-electron chi connectivity index (χ1n) is 7.31. The molecule has 0 unspecified atom stereocenters. The van der Waals surface area contributed by atoms with Crippen molar-refractivity contribution in [2.75, 3.05) is 13.7 Å².